The summed E-state index contributed by atoms with van der Waals surface area (Å²) in [6, 6.07) is 17.3. The first-order valence-electron chi connectivity index (χ1n) is 10.8. The van der Waals surface area contributed by atoms with Crippen LogP contribution in [0, 0.1) is 5.92 Å². The van der Waals surface area contributed by atoms with Gasteiger partial charge < -0.3 is 15.4 Å². The SMILES string of the molecule is CC(C)CC(NC(=O)OCc1ccccc1)C(=O)NC(/C=C/S(C)(=O)=O)Cc1ccccc1. The lowest BCUT2D eigenvalue weighted by Crippen LogP contribution is -2.50. The molecule has 0 heterocycles. The van der Waals surface area contributed by atoms with E-state index in [-0.39, 0.29) is 12.5 Å². The molecule has 0 aromatic heterocycles. The number of nitrogens with one attached hydrogen (secondary N) is 2. The first-order valence-corrected chi connectivity index (χ1v) is 12.8. The second-order valence-electron chi connectivity index (χ2n) is 8.35. The van der Waals surface area contributed by atoms with Crippen LogP contribution in [0.1, 0.15) is 31.4 Å². The summed E-state index contributed by atoms with van der Waals surface area (Å²) in [5.74, 6) is -0.270. The Bertz CT molecular complexity index is 1020. The predicted octanol–water partition coefficient (Wildman–Crippen LogP) is 3.61. The van der Waals surface area contributed by atoms with Gasteiger partial charge in [0.25, 0.3) is 0 Å². The van der Waals surface area contributed by atoms with E-state index in [1.54, 1.807) is 0 Å². The second-order valence-corrected chi connectivity index (χ2v) is 10.3. The smallest absolute Gasteiger partial charge is 0.408 e. The van der Waals surface area contributed by atoms with Crippen LogP contribution in [0.3, 0.4) is 0 Å². The third-order valence-corrected chi connectivity index (χ3v) is 5.36. The Morgan fingerprint density at radius 3 is 2.06 bits per heavy atom. The molecule has 0 radical (unpaired) electrons. The quantitative estimate of drug-likeness (QED) is 0.520. The van der Waals surface area contributed by atoms with Crippen LogP contribution in [0.4, 0.5) is 4.79 Å². The number of rotatable bonds is 11. The van der Waals surface area contributed by atoms with E-state index in [1.165, 1.54) is 6.08 Å². The summed E-state index contributed by atoms with van der Waals surface area (Å²) < 4.78 is 28.5. The summed E-state index contributed by atoms with van der Waals surface area (Å²) in [6.45, 7) is 3.99. The average molecular weight is 473 g/mol. The van der Waals surface area contributed by atoms with Gasteiger partial charge in [0, 0.05) is 11.7 Å². The maximum atomic E-state index is 13.0. The molecule has 0 bridgehead atoms. The Kier molecular flexibility index (Phi) is 10.1. The van der Waals surface area contributed by atoms with Crippen molar-refractivity contribution >= 4 is 21.8 Å². The summed E-state index contributed by atoms with van der Waals surface area (Å²) >= 11 is 0. The number of ether oxygens (including phenoxy) is 1. The van der Waals surface area contributed by atoms with E-state index in [0.717, 1.165) is 22.8 Å². The molecule has 2 atom stereocenters. The van der Waals surface area contributed by atoms with Crippen LogP contribution in [-0.4, -0.2) is 38.8 Å². The molecule has 8 heteroatoms. The number of carbonyl (C=O) groups is 2. The van der Waals surface area contributed by atoms with Gasteiger partial charge in [0.15, 0.2) is 9.84 Å². The van der Waals surface area contributed by atoms with Crippen molar-refractivity contribution in [1.82, 2.24) is 10.6 Å². The fourth-order valence-corrected chi connectivity index (χ4v) is 3.64. The van der Waals surface area contributed by atoms with Crippen molar-refractivity contribution in [2.45, 2.75) is 45.4 Å². The highest BCUT2D eigenvalue weighted by atomic mass is 32.2. The molecule has 0 fully saturated rings. The van der Waals surface area contributed by atoms with Crippen molar-refractivity contribution in [2.24, 2.45) is 5.92 Å². The molecule has 2 rings (SSSR count). The number of sulfone groups is 1. The third-order valence-electron chi connectivity index (χ3n) is 4.71. The number of hydrogen-bond acceptors (Lipinski definition) is 5. The predicted molar refractivity (Wildman–Crippen MR) is 129 cm³/mol. The molecule has 0 spiro atoms. The molecule has 2 aromatic carbocycles. The molecule has 2 N–H and O–H groups in total. The summed E-state index contributed by atoms with van der Waals surface area (Å²) in [7, 11) is -3.36. The molecule has 2 amide bonds. The summed E-state index contributed by atoms with van der Waals surface area (Å²) in [5, 5.41) is 6.59. The Morgan fingerprint density at radius 1 is 0.939 bits per heavy atom. The fourth-order valence-electron chi connectivity index (χ4n) is 3.17. The fraction of sp³-hybridized carbons (Fsp3) is 0.360. The lowest BCUT2D eigenvalue weighted by Gasteiger charge is -2.23. The molecular weight excluding hydrogens is 440 g/mol. The highest BCUT2D eigenvalue weighted by Crippen LogP contribution is 2.09. The van der Waals surface area contributed by atoms with Gasteiger partial charge in [0.05, 0.1) is 6.04 Å². The highest BCUT2D eigenvalue weighted by molar-refractivity contribution is 7.93. The second kappa shape index (κ2) is 12.8. The number of amides is 2. The molecule has 2 unspecified atom stereocenters. The van der Waals surface area contributed by atoms with Crippen LogP contribution in [-0.2, 0) is 32.4 Å². The van der Waals surface area contributed by atoms with Crippen LogP contribution < -0.4 is 10.6 Å². The number of hydrogen-bond donors (Lipinski definition) is 2. The first-order chi connectivity index (χ1) is 15.6. The van der Waals surface area contributed by atoms with E-state index in [0.29, 0.717) is 12.8 Å². The first kappa shape index (κ1) is 26.1. The van der Waals surface area contributed by atoms with Gasteiger partial charge in [0.1, 0.15) is 12.6 Å². The largest absolute Gasteiger partial charge is 0.445 e. The number of carbonyl (C=O) groups excluding carboxylic acids is 2. The topological polar surface area (TPSA) is 102 Å². The van der Waals surface area contributed by atoms with E-state index < -0.39 is 33.9 Å². The maximum absolute atomic E-state index is 13.0. The van der Waals surface area contributed by atoms with E-state index in [4.69, 9.17) is 4.74 Å². The molecule has 2 aromatic rings. The van der Waals surface area contributed by atoms with Gasteiger partial charge in [-0.15, -0.1) is 0 Å². The van der Waals surface area contributed by atoms with Crippen molar-refractivity contribution < 1.29 is 22.7 Å². The molecule has 0 aliphatic carbocycles. The van der Waals surface area contributed by atoms with Crippen molar-refractivity contribution in [2.75, 3.05) is 6.26 Å². The molecule has 178 valence electrons. The van der Waals surface area contributed by atoms with E-state index in [1.807, 2.05) is 74.5 Å². The van der Waals surface area contributed by atoms with Crippen LogP contribution in [0.2, 0.25) is 0 Å². The molecule has 0 aliphatic heterocycles. The standard InChI is InChI=1S/C25H32N2O5S/c1-19(2)16-23(27-25(29)32-18-21-12-8-5-9-13-21)24(28)26-22(14-15-33(3,30)31)17-20-10-6-4-7-11-20/h4-15,19,22-23H,16-18H2,1-3H3,(H,26,28)(H,27,29)/b15-14+. The van der Waals surface area contributed by atoms with Crippen molar-refractivity contribution in [3.05, 3.63) is 83.3 Å². The van der Waals surface area contributed by atoms with Gasteiger partial charge in [-0.3, -0.25) is 4.79 Å². The molecule has 0 aliphatic rings. The molecular formula is C25H32N2O5S. The molecule has 7 nitrogen and oxygen atoms in total. The molecule has 33 heavy (non-hydrogen) atoms. The van der Waals surface area contributed by atoms with Gasteiger partial charge >= 0.3 is 6.09 Å². The van der Waals surface area contributed by atoms with Gasteiger partial charge in [-0.05, 0) is 29.9 Å². The number of alkyl carbamates (subject to hydrolysis) is 1. The normalized spacial score (nSPS) is 13.5. The minimum atomic E-state index is -3.36. The zero-order chi connectivity index (χ0) is 24.3. The van der Waals surface area contributed by atoms with Crippen molar-refractivity contribution in [3.63, 3.8) is 0 Å². The van der Waals surface area contributed by atoms with Gasteiger partial charge in [-0.1, -0.05) is 80.6 Å². The van der Waals surface area contributed by atoms with Gasteiger partial charge in [0.2, 0.25) is 5.91 Å². The van der Waals surface area contributed by atoms with E-state index in [2.05, 4.69) is 10.6 Å². The Hall–Kier alpha value is -3.13. The number of benzene rings is 2. The third kappa shape index (κ3) is 10.8. The highest BCUT2D eigenvalue weighted by Gasteiger charge is 2.24. The van der Waals surface area contributed by atoms with Crippen molar-refractivity contribution in [3.8, 4) is 0 Å². The van der Waals surface area contributed by atoms with Crippen LogP contribution >= 0.6 is 0 Å². The van der Waals surface area contributed by atoms with Gasteiger partial charge in [-0.2, -0.15) is 0 Å². The monoisotopic (exact) mass is 472 g/mol. The summed E-state index contributed by atoms with van der Waals surface area (Å²) in [6.07, 6.45) is 2.67. The molecule has 0 saturated carbocycles. The Balaban J connectivity index is 2.08. The zero-order valence-electron chi connectivity index (χ0n) is 19.2. The maximum Gasteiger partial charge on any atom is 0.408 e. The van der Waals surface area contributed by atoms with Crippen LogP contribution in [0.15, 0.2) is 72.1 Å². The average Bonchev–Trinajstić information content (AvgIpc) is 2.76. The Labute approximate surface area is 196 Å². The molecule has 0 saturated heterocycles. The lowest BCUT2D eigenvalue weighted by atomic mass is 10.0. The van der Waals surface area contributed by atoms with E-state index >= 15 is 0 Å². The zero-order valence-corrected chi connectivity index (χ0v) is 20.0. The Morgan fingerprint density at radius 2 is 1.52 bits per heavy atom. The lowest BCUT2D eigenvalue weighted by molar-refractivity contribution is -0.123. The van der Waals surface area contributed by atoms with E-state index in [9.17, 15) is 18.0 Å². The minimum absolute atomic E-state index is 0.0937. The summed E-state index contributed by atoms with van der Waals surface area (Å²) in [5.41, 5.74) is 1.78. The van der Waals surface area contributed by atoms with Gasteiger partial charge in [-0.25, -0.2) is 13.2 Å². The minimum Gasteiger partial charge on any atom is -0.445 e. The van der Waals surface area contributed by atoms with Crippen molar-refractivity contribution in [1.29, 1.82) is 0 Å². The van der Waals surface area contributed by atoms with Crippen LogP contribution in [0.5, 0.6) is 0 Å². The van der Waals surface area contributed by atoms with Crippen LogP contribution in [0.25, 0.3) is 0 Å². The summed E-state index contributed by atoms with van der Waals surface area (Å²) in [4.78, 5) is 25.4.